The third-order valence-electron chi connectivity index (χ3n) is 5.55. The van der Waals surface area contributed by atoms with Gasteiger partial charge in [-0.05, 0) is 37.3 Å². The van der Waals surface area contributed by atoms with Crippen molar-refractivity contribution in [1.29, 1.82) is 5.26 Å². The van der Waals surface area contributed by atoms with Crippen LogP contribution in [0.4, 0.5) is 11.5 Å². The first-order valence-electron chi connectivity index (χ1n) is 9.02. The minimum Gasteiger partial charge on any atom is -0.353 e. The normalized spacial score (nSPS) is 22.7. The van der Waals surface area contributed by atoms with Crippen LogP contribution in [-0.2, 0) is 4.79 Å². The number of hydrogen-bond acceptors (Lipinski definition) is 5. The van der Waals surface area contributed by atoms with Crippen LogP contribution in [0, 0.1) is 30.1 Å². The van der Waals surface area contributed by atoms with Crippen molar-refractivity contribution in [3.8, 4) is 6.07 Å². The molecule has 0 spiro atoms. The van der Waals surface area contributed by atoms with Crippen LogP contribution in [0.1, 0.15) is 24.1 Å². The molecular weight excluding hydrogens is 326 g/mol. The summed E-state index contributed by atoms with van der Waals surface area (Å²) in [6.45, 7) is 4.23. The second-order valence-electron chi connectivity index (χ2n) is 7.01. The molecule has 2 aliphatic heterocycles. The summed E-state index contributed by atoms with van der Waals surface area (Å²) in [5.41, 5.74) is 2.45. The SMILES string of the molecule is Cc1ccccc1N1CCC2CCN(c3nccnc3C#N)C[C@H]2C1=O. The van der Waals surface area contributed by atoms with E-state index in [0.717, 1.165) is 37.2 Å². The molecule has 0 radical (unpaired) electrons. The van der Waals surface area contributed by atoms with Crippen molar-refractivity contribution in [1.82, 2.24) is 9.97 Å². The highest BCUT2D eigenvalue weighted by Gasteiger charge is 2.41. The largest absolute Gasteiger partial charge is 0.353 e. The van der Waals surface area contributed by atoms with E-state index in [2.05, 4.69) is 16.0 Å². The number of nitrogens with zero attached hydrogens (tertiary/aromatic N) is 5. The number of carbonyl (C=O) groups is 1. The zero-order valence-electron chi connectivity index (χ0n) is 14.8. The number of benzene rings is 1. The third-order valence-corrected chi connectivity index (χ3v) is 5.55. The van der Waals surface area contributed by atoms with Gasteiger partial charge in [-0.2, -0.15) is 5.26 Å². The Labute approximate surface area is 153 Å². The van der Waals surface area contributed by atoms with Crippen LogP contribution in [0.25, 0.3) is 0 Å². The maximum Gasteiger partial charge on any atom is 0.232 e. The summed E-state index contributed by atoms with van der Waals surface area (Å²) >= 11 is 0. The highest BCUT2D eigenvalue weighted by atomic mass is 16.2. The van der Waals surface area contributed by atoms with Crippen molar-refractivity contribution >= 4 is 17.4 Å². The molecule has 4 rings (SSSR count). The lowest BCUT2D eigenvalue weighted by Gasteiger charge is -2.44. The standard InChI is InChI=1S/C20H21N5O/c1-14-4-2-3-5-18(14)25-11-7-15-6-10-24(13-16(15)20(25)26)19-17(12-21)22-8-9-23-19/h2-5,8-9,15-16H,6-7,10-11,13H2,1H3/t15?,16-/m1/s1. The van der Waals surface area contributed by atoms with Crippen LogP contribution in [0.15, 0.2) is 36.7 Å². The summed E-state index contributed by atoms with van der Waals surface area (Å²) in [5, 5.41) is 9.30. The van der Waals surface area contributed by atoms with Gasteiger partial charge in [-0.3, -0.25) is 4.79 Å². The molecule has 26 heavy (non-hydrogen) atoms. The lowest BCUT2D eigenvalue weighted by atomic mass is 9.79. The van der Waals surface area contributed by atoms with E-state index in [1.807, 2.05) is 41.0 Å². The molecule has 0 bridgehead atoms. The predicted molar refractivity (Wildman–Crippen MR) is 98.7 cm³/mol. The summed E-state index contributed by atoms with van der Waals surface area (Å²) in [4.78, 5) is 25.7. The van der Waals surface area contributed by atoms with Gasteiger partial charge in [-0.25, -0.2) is 9.97 Å². The lowest BCUT2D eigenvalue weighted by Crippen LogP contribution is -2.54. The monoisotopic (exact) mass is 347 g/mol. The Kier molecular flexibility index (Phi) is 4.29. The maximum absolute atomic E-state index is 13.2. The molecule has 1 aromatic heterocycles. The second-order valence-corrected chi connectivity index (χ2v) is 7.01. The highest BCUT2D eigenvalue weighted by molar-refractivity contribution is 5.97. The molecule has 1 amide bonds. The molecule has 2 saturated heterocycles. The Hall–Kier alpha value is -2.94. The molecule has 2 atom stereocenters. The van der Waals surface area contributed by atoms with Crippen molar-refractivity contribution < 1.29 is 4.79 Å². The summed E-state index contributed by atoms with van der Waals surface area (Å²) < 4.78 is 0. The van der Waals surface area contributed by atoms with Gasteiger partial charge in [0.15, 0.2) is 11.5 Å². The first-order valence-corrected chi connectivity index (χ1v) is 9.02. The Morgan fingerprint density at radius 2 is 1.92 bits per heavy atom. The summed E-state index contributed by atoms with van der Waals surface area (Å²) in [6.07, 6.45) is 5.09. The molecule has 6 heteroatoms. The number of amides is 1. The van der Waals surface area contributed by atoms with E-state index < -0.39 is 0 Å². The molecule has 3 heterocycles. The van der Waals surface area contributed by atoms with Gasteiger partial charge in [-0.1, -0.05) is 18.2 Å². The highest BCUT2D eigenvalue weighted by Crippen LogP contribution is 2.36. The minimum absolute atomic E-state index is 0.0642. The van der Waals surface area contributed by atoms with Crippen molar-refractivity contribution in [2.24, 2.45) is 11.8 Å². The van der Waals surface area contributed by atoms with Gasteiger partial charge in [0.2, 0.25) is 5.91 Å². The summed E-state index contributed by atoms with van der Waals surface area (Å²) in [6, 6.07) is 10.1. The van der Waals surface area contributed by atoms with Gasteiger partial charge in [0, 0.05) is 37.7 Å². The zero-order chi connectivity index (χ0) is 18.1. The molecule has 0 N–H and O–H groups in total. The van der Waals surface area contributed by atoms with E-state index in [1.165, 1.54) is 6.20 Å². The van der Waals surface area contributed by atoms with Gasteiger partial charge in [0.1, 0.15) is 6.07 Å². The maximum atomic E-state index is 13.2. The second kappa shape index (κ2) is 6.75. The summed E-state index contributed by atoms with van der Waals surface area (Å²) in [7, 11) is 0. The Morgan fingerprint density at radius 1 is 1.15 bits per heavy atom. The average Bonchev–Trinajstić information content (AvgIpc) is 2.69. The fourth-order valence-corrected chi connectivity index (χ4v) is 4.17. The molecule has 2 fully saturated rings. The number of rotatable bonds is 2. The number of carbonyl (C=O) groups excluding carboxylic acids is 1. The van der Waals surface area contributed by atoms with Crippen molar-refractivity contribution in [3.63, 3.8) is 0 Å². The number of fused-ring (bicyclic) bond motifs is 1. The number of nitriles is 1. The van der Waals surface area contributed by atoms with Gasteiger partial charge in [-0.15, -0.1) is 0 Å². The number of hydrogen-bond donors (Lipinski definition) is 0. The van der Waals surface area contributed by atoms with Gasteiger partial charge >= 0.3 is 0 Å². The molecule has 2 aromatic rings. The number of aryl methyl sites for hydroxylation is 1. The topological polar surface area (TPSA) is 73.1 Å². The van der Waals surface area contributed by atoms with Crippen LogP contribution in [0.5, 0.6) is 0 Å². The molecule has 1 aromatic carbocycles. The quantitative estimate of drug-likeness (QED) is 0.835. The lowest BCUT2D eigenvalue weighted by molar-refractivity contribution is -0.126. The Balaban J connectivity index is 1.60. The van der Waals surface area contributed by atoms with Crippen LogP contribution in [0.3, 0.4) is 0 Å². The molecule has 0 aliphatic carbocycles. The average molecular weight is 347 g/mol. The molecule has 6 nitrogen and oxygen atoms in total. The summed E-state index contributed by atoms with van der Waals surface area (Å²) in [5.74, 6) is 1.11. The van der Waals surface area contributed by atoms with E-state index >= 15 is 0 Å². The molecular formula is C20H21N5O. The van der Waals surface area contributed by atoms with Crippen LogP contribution in [0.2, 0.25) is 0 Å². The minimum atomic E-state index is -0.0642. The van der Waals surface area contributed by atoms with Crippen LogP contribution in [-0.4, -0.2) is 35.5 Å². The first kappa shape index (κ1) is 16.5. The third kappa shape index (κ3) is 2.80. The van der Waals surface area contributed by atoms with E-state index in [-0.39, 0.29) is 11.8 Å². The number of para-hydroxylation sites is 1. The van der Waals surface area contributed by atoms with Crippen molar-refractivity contribution in [3.05, 3.63) is 47.9 Å². The smallest absolute Gasteiger partial charge is 0.232 e. The van der Waals surface area contributed by atoms with E-state index in [4.69, 9.17) is 0 Å². The van der Waals surface area contributed by atoms with Crippen LogP contribution < -0.4 is 9.80 Å². The van der Waals surface area contributed by atoms with Crippen molar-refractivity contribution in [2.45, 2.75) is 19.8 Å². The van der Waals surface area contributed by atoms with Gasteiger partial charge < -0.3 is 9.80 Å². The van der Waals surface area contributed by atoms with Crippen LogP contribution >= 0.6 is 0 Å². The predicted octanol–water partition coefficient (Wildman–Crippen LogP) is 2.54. The zero-order valence-corrected chi connectivity index (χ0v) is 14.8. The van der Waals surface area contributed by atoms with Gasteiger partial charge in [0.25, 0.3) is 0 Å². The van der Waals surface area contributed by atoms with E-state index in [1.54, 1.807) is 6.20 Å². The molecule has 0 saturated carbocycles. The number of anilines is 2. The Bertz CT molecular complexity index is 875. The first-order chi connectivity index (χ1) is 12.7. The Morgan fingerprint density at radius 3 is 2.73 bits per heavy atom. The molecule has 2 aliphatic rings. The molecule has 132 valence electrons. The van der Waals surface area contributed by atoms with Gasteiger partial charge in [0.05, 0.1) is 5.92 Å². The van der Waals surface area contributed by atoms with Crippen molar-refractivity contribution in [2.75, 3.05) is 29.4 Å². The van der Waals surface area contributed by atoms with E-state index in [0.29, 0.717) is 24.0 Å². The number of piperidine rings is 2. The van der Waals surface area contributed by atoms with E-state index in [9.17, 15) is 10.1 Å². The number of aromatic nitrogens is 2. The molecule has 1 unspecified atom stereocenters. The fraction of sp³-hybridized carbons (Fsp3) is 0.400. The fourth-order valence-electron chi connectivity index (χ4n) is 4.17.